The summed E-state index contributed by atoms with van der Waals surface area (Å²) < 4.78 is 0. The fourth-order valence-corrected chi connectivity index (χ4v) is 2.48. The zero-order valence-electron chi connectivity index (χ0n) is 10.3. The van der Waals surface area contributed by atoms with Crippen molar-refractivity contribution < 1.29 is 0 Å². The van der Waals surface area contributed by atoms with Crippen LogP contribution < -0.4 is 11.1 Å². The number of nitrogens with one attached hydrogen (secondary N) is 2. The molecule has 0 fully saturated rings. The Morgan fingerprint density at radius 2 is 1.95 bits per heavy atom. The standard InChI is InChI=1S/C13H10N4O2S/c18-11-5-6-14-13(17-11)20-7-10-15-9-4-2-1-3-8(9)12(19)16-10/h1-6H,7H2,(H,14,17,18)(H,15,16,19). The van der Waals surface area contributed by atoms with Gasteiger partial charge < -0.3 is 9.97 Å². The van der Waals surface area contributed by atoms with Crippen LogP contribution in [0.2, 0.25) is 0 Å². The molecule has 0 atom stereocenters. The van der Waals surface area contributed by atoms with Crippen LogP contribution in [0, 0.1) is 0 Å². The number of nitrogens with zero attached hydrogens (tertiary/aromatic N) is 2. The van der Waals surface area contributed by atoms with Gasteiger partial charge in [0.05, 0.1) is 16.7 Å². The van der Waals surface area contributed by atoms with E-state index < -0.39 is 0 Å². The van der Waals surface area contributed by atoms with Gasteiger partial charge in [0.15, 0.2) is 5.16 Å². The summed E-state index contributed by atoms with van der Waals surface area (Å²) in [5.41, 5.74) is 0.282. The second kappa shape index (κ2) is 5.30. The van der Waals surface area contributed by atoms with Crippen LogP contribution in [0.25, 0.3) is 10.9 Å². The van der Waals surface area contributed by atoms with Crippen LogP contribution in [-0.2, 0) is 5.75 Å². The first-order valence-electron chi connectivity index (χ1n) is 5.88. The summed E-state index contributed by atoms with van der Waals surface area (Å²) in [7, 11) is 0. The first kappa shape index (κ1) is 12.6. The maximum atomic E-state index is 11.9. The lowest BCUT2D eigenvalue weighted by Crippen LogP contribution is -2.11. The van der Waals surface area contributed by atoms with E-state index in [0.717, 1.165) is 0 Å². The molecule has 0 unspecified atom stereocenters. The van der Waals surface area contributed by atoms with E-state index in [1.54, 1.807) is 18.2 Å². The molecule has 3 rings (SSSR count). The smallest absolute Gasteiger partial charge is 0.258 e. The average molecular weight is 286 g/mol. The third-order valence-corrected chi connectivity index (χ3v) is 3.55. The van der Waals surface area contributed by atoms with Crippen LogP contribution >= 0.6 is 11.8 Å². The predicted molar refractivity (Wildman–Crippen MR) is 76.8 cm³/mol. The first-order chi connectivity index (χ1) is 9.72. The number of hydrogen-bond donors (Lipinski definition) is 2. The van der Waals surface area contributed by atoms with Gasteiger partial charge in [-0.05, 0) is 12.1 Å². The van der Waals surface area contributed by atoms with Gasteiger partial charge in [-0.1, -0.05) is 23.9 Å². The Morgan fingerprint density at radius 3 is 2.80 bits per heavy atom. The topological polar surface area (TPSA) is 91.5 Å². The minimum Gasteiger partial charge on any atom is -0.309 e. The second-order valence-electron chi connectivity index (χ2n) is 4.06. The van der Waals surface area contributed by atoms with E-state index in [-0.39, 0.29) is 11.1 Å². The van der Waals surface area contributed by atoms with Crippen LogP contribution in [-0.4, -0.2) is 19.9 Å². The average Bonchev–Trinajstić information content (AvgIpc) is 2.45. The molecule has 0 radical (unpaired) electrons. The van der Waals surface area contributed by atoms with Gasteiger partial charge in [-0.15, -0.1) is 0 Å². The molecule has 0 bridgehead atoms. The van der Waals surface area contributed by atoms with Crippen molar-refractivity contribution in [2.45, 2.75) is 10.9 Å². The van der Waals surface area contributed by atoms with Crippen LogP contribution in [0.15, 0.2) is 51.3 Å². The minimum absolute atomic E-state index is 0.166. The maximum absolute atomic E-state index is 11.9. The number of thioether (sulfide) groups is 1. The molecule has 100 valence electrons. The highest BCUT2D eigenvalue weighted by Gasteiger charge is 2.04. The van der Waals surface area contributed by atoms with Gasteiger partial charge in [0.2, 0.25) is 0 Å². The number of aromatic nitrogens is 4. The van der Waals surface area contributed by atoms with Crippen LogP contribution in [0.4, 0.5) is 0 Å². The Balaban J connectivity index is 1.88. The molecule has 0 saturated carbocycles. The lowest BCUT2D eigenvalue weighted by molar-refractivity contribution is 0.931. The molecular formula is C13H10N4O2S. The summed E-state index contributed by atoms with van der Waals surface area (Å²) in [4.78, 5) is 36.8. The fourth-order valence-electron chi connectivity index (χ4n) is 1.77. The summed E-state index contributed by atoms with van der Waals surface area (Å²) in [5.74, 6) is 0.970. The van der Waals surface area contributed by atoms with Gasteiger partial charge in [0.25, 0.3) is 11.1 Å². The molecule has 2 heterocycles. The van der Waals surface area contributed by atoms with Crippen molar-refractivity contribution in [2.75, 3.05) is 0 Å². The van der Waals surface area contributed by atoms with Crippen molar-refractivity contribution in [2.24, 2.45) is 0 Å². The molecule has 2 N–H and O–H groups in total. The number of hydrogen-bond acceptors (Lipinski definition) is 5. The maximum Gasteiger partial charge on any atom is 0.258 e. The van der Waals surface area contributed by atoms with E-state index in [9.17, 15) is 9.59 Å². The predicted octanol–water partition coefficient (Wildman–Crippen LogP) is 1.30. The summed E-state index contributed by atoms with van der Waals surface area (Å²) in [6.07, 6.45) is 1.44. The van der Waals surface area contributed by atoms with Gasteiger partial charge in [-0.25, -0.2) is 9.97 Å². The Morgan fingerprint density at radius 1 is 1.10 bits per heavy atom. The van der Waals surface area contributed by atoms with E-state index in [2.05, 4.69) is 19.9 Å². The Kier molecular flexibility index (Phi) is 3.34. The van der Waals surface area contributed by atoms with Crippen molar-refractivity contribution >= 4 is 22.7 Å². The highest BCUT2D eigenvalue weighted by Crippen LogP contribution is 2.15. The lowest BCUT2D eigenvalue weighted by atomic mass is 10.2. The molecule has 2 aromatic heterocycles. The molecule has 7 heteroatoms. The molecule has 0 spiro atoms. The van der Waals surface area contributed by atoms with Crippen LogP contribution in [0.5, 0.6) is 0 Å². The SMILES string of the molecule is O=c1ccnc(SCc2nc3ccccc3c(=O)[nH]2)[nH]1. The largest absolute Gasteiger partial charge is 0.309 e. The summed E-state index contributed by atoms with van der Waals surface area (Å²) >= 11 is 1.31. The summed E-state index contributed by atoms with van der Waals surface area (Å²) in [5, 5.41) is 1.06. The quantitative estimate of drug-likeness (QED) is 0.559. The number of rotatable bonds is 3. The molecule has 0 aliphatic heterocycles. The molecule has 1 aromatic carbocycles. The highest BCUT2D eigenvalue weighted by molar-refractivity contribution is 7.98. The molecule has 0 amide bonds. The molecule has 6 nitrogen and oxygen atoms in total. The number of aromatic amines is 2. The number of para-hydroxylation sites is 1. The van der Waals surface area contributed by atoms with Gasteiger partial charge >= 0.3 is 0 Å². The molecule has 3 aromatic rings. The van der Waals surface area contributed by atoms with Crippen molar-refractivity contribution in [3.8, 4) is 0 Å². The zero-order chi connectivity index (χ0) is 13.9. The fraction of sp³-hybridized carbons (Fsp3) is 0.0769. The van der Waals surface area contributed by atoms with E-state index in [0.29, 0.717) is 27.6 Å². The van der Waals surface area contributed by atoms with Gasteiger partial charge in [-0.2, -0.15) is 0 Å². The monoisotopic (exact) mass is 286 g/mol. The third kappa shape index (κ3) is 2.62. The Labute approximate surface area is 117 Å². The van der Waals surface area contributed by atoms with E-state index >= 15 is 0 Å². The van der Waals surface area contributed by atoms with Crippen molar-refractivity contribution in [3.05, 3.63) is 63.1 Å². The van der Waals surface area contributed by atoms with Crippen molar-refractivity contribution in [1.82, 2.24) is 19.9 Å². The van der Waals surface area contributed by atoms with Crippen LogP contribution in [0.3, 0.4) is 0 Å². The zero-order valence-corrected chi connectivity index (χ0v) is 11.1. The molecule has 0 aliphatic carbocycles. The van der Waals surface area contributed by atoms with Gasteiger partial charge in [0, 0.05) is 12.3 Å². The molecule has 0 aliphatic rings. The van der Waals surface area contributed by atoms with Gasteiger partial charge in [-0.3, -0.25) is 9.59 Å². The number of H-pyrrole nitrogens is 2. The van der Waals surface area contributed by atoms with Gasteiger partial charge in [0.1, 0.15) is 5.82 Å². The normalized spacial score (nSPS) is 10.8. The molecule has 0 saturated heterocycles. The Bertz CT molecular complexity index is 872. The molecule has 20 heavy (non-hydrogen) atoms. The lowest BCUT2D eigenvalue weighted by Gasteiger charge is -2.02. The molecular weight excluding hydrogens is 276 g/mol. The second-order valence-corrected chi connectivity index (χ2v) is 5.02. The van der Waals surface area contributed by atoms with Crippen molar-refractivity contribution in [3.63, 3.8) is 0 Å². The van der Waals surface area contributed by atoms with E-state index in [1.807, 2.05) is 6.07 Å². The van der Waals surface area contributed by atoms with E-state index in [1.165, 1.54) is 24.0 Å². The Hall–Kier alpha value is -2.41. The summed E-state index contributed by atoms with van der Waals surface area (Å²) in [6.45, 7) is 0. The highest BCUT2D eigenvalue weighted by atomic mass is 32.2. The third-order valence-electron chi connectivity index (χ3n) is 2.66. The number of benzene rings is 1. The van der Waals surface area contributed by atoms with E-state index in [4.69, 9.17) is 0 Å². The minimum atomic E-state index is -0.206. The first-order valence-corrected chi connectivity index (χ1v) is 6.87. The van der Waals surface area contributed by atoms with Crippen molar-refractivity contribution in [1.29, 1.82) is 0 Å². The summed E-state index contributed by atoms with van der Waals surface area (Å²) in [6, 6.07) is 8.50. The van der Waals surface area contributed by atoms with Crippen LogP contribution in [0.1, 0.15) is 5.82 Å². The number of fused-ring (bicyclic) bond motifs is 1.